The van der Waals surface area contributed by atoms with E-state index in [4.69, 9.17) is 16.3 Å². The molecule has 3 rings (SSSR count). The van der Waals surface area contributed by atoms with Crippen molar-refractivity contribution in [2.45, 2.75) is 57.2 Å². The number of nitrogens with one attached hydrogen (secondary N) is 1. The van der Waals surface area contributed by atoms with Crippen molar-refractivity contribution >= 4 is 23.4 Å². The van der Waals surface area contributed by atoms with Crippen molar-refractivity contribution in [3.05, 3.63) is 34.9 Å². The van der Waals surface area contributed by atoms with Crippen LogP contribution in [0.4, 0.5) is 0 Å². The van der Waals surface area contributed by atoms with Crippen molar-refractivity contribution < 1.29 is 14.3 Å². The average Bonchev–Trinajstić information content (AvgIpc) is 2.99. The Morgan fingerprint density at radius 3 is 2.56 bits per heavy atom. The Morgan fingerprint density at radius 1 is 1.24 bits per heavy atom. The number of carbonyl (C=O) groups excluding carboxylic acids is 2. The van der Waals surface area contributed by atoms with Crippen molar-refractivity contribution in [2.75, 3.05) is 13.2 Å². The Labute approximate surface area is 153 Å². The van der Waals surface area contributed by atoms with Gasteiger partial charge in [-0.2, -0.15) is 0 Å². The maximum Gasteiger partial charge on any atom is 0.256 e. The zero-order chi connectivity index (χ0) is 17.9. The van der Waals surface area contributed by atoms with E-state index in [0.29, 0.717) is 17.1 Å². The van der Waals surface area contributed by atoms with E-state index >= 15 is 0 Å². The highest BCUT2D eigenvalue weighted by Crippen LogP contribution is 2.41. The first-order valence-electron chi connectivity index (χ1n) is 9.08. The summed E-state index contributed by atoms with van der Waals surface area (Å²) in [5, 5.41) is 3.49. The van der Waals surface area contributed by atoms with E-state index in [1.54, 1.807) is 29.2 Å². The van der Waals surface area contributed by atoms with E-state index in [9.17, 15) is 9.59 Å². The molecular formula is C19H25ClN2O3. The molecule has 0 bridgehead atoms. The standard InChI is InChI=1S/C19H25ClN2O3/c1-2-12-21-17(23)16-13-25-19(10-4-3-5-11-19)22(16)18(24)14-6-8-15(20)9-7-14/h6-9,16H,2-5,10-13H2,1H3,(H,21,23). The van der Waals surface area contributed by atoms with Crippen LogP contribution >= 0.6 is 11.6 Å². The van der Waals surface area contributed by atoms with Crippen molar-refractivity contribution in [2.24, 2.45) is 0 Å². The maximum absolute atomic E-state index is 13.2. The lowest BCUT2D eigenvalue weighted by Gasteiger charge is -2.41. The van der Waals surface area contributed by atoms with Crippen molar-refractivity contribution in [3.63, 3.8) is 0 Å². The molecule has 1 saturated heterocycles. The maximum atomic E-state index is 13.2. The Hall–Kier alpha value is -1.59. The average molecular weight is 365 g/mol. The summed E-state index contributed by atoms with van der Waals surface area (Å²) in [6, 6.07) is 6.24. The summed E-state index contributed by atoms with van der Waals surface area (Å²) in [5.41, 5.74) is -0.114. The largest absolute Gasteiger partial charge is 0.354 e. The van der Waals surface area contributed by atoms with Gasteiger partial charge in [0.05, 0.1) is 6.61 Å². The monoisotopic (exact) mass is 364 g/mol. The predicted octanol–water partition coefficient (Wildman–Crippen LogP) is 3.37. The van der Waals surface area contributed by atoms with E-state index < -0.39 is 11.8 Å². The summed E-state index contributed by atoms with van der Waals surface area (Å²) in [6.45, 7) is 2.87. The molecule has 136 valence electrons. The fourth-order valence-corrected chi connectivity index (χ4v) is 3.89. The van der Waals surface area contributed by atoms with Crippen LogP contribution in [-0.4, -0.2) is 41.6 Å². The van der Waals surface area contributed by atoms with Gasteiger partial charge in [0.2, 0.25) is 5.91 Å². The van der Waals surface area contributed by atoms with E-state index in [1.807, 2.05) is 6.92 Å². The Kier molecular flexibility index (Phi) is 5.64. The summed E-state index contributed by atoms with van der Waals surface area (Å²) in [5.74, 6) is -0.292. The normalized spacial score (nSPS) is 22.2. The van der Waals surface area contributed by atoms with Gasteiger partial charge in [0, 0.05) is 17.1 Å². The van der Waals surface area contributed by atoms with Crippen LogP contribution in [0.15, 0.2) is 24.3 Å². The highest BCUT2D eigenvalue weighted by molar-refractivity contribution is 6.30. The number of halogens is 1. The molecular weight excluding hydrogens is 340 g/mol. The van der Waals surface area contributed by atoms with Crippen LogP contribution in [0.2, 0.25) is 5.02 Å². The van der Waals surface area contributed by atoms with Crippen LogP contribution in [-0.2, 0) is 9.53 Å². The predicted molar refractivity (Wildman–Crippen MR) is 96.5 cm³/mol. The van der Waals surface area contributed by atoms with Crippen LogP contribution in [0.25, 0.3) is 0 Å². The first kappa shape index (κ1) is 18.2. The summed E-state index contributed by atoms with van der Waals surface area (Å²) in [6.07, 6.45) is 5.57. The van der Waals surface area contributed by atoms with Gasteiger partial charge in [-0.1, -0.05) is 24.9 Å². The Bertz CT molecular complexity index is 626. The van der Waals surface area contributed by atoms with Crippen LogP contribution in [0, 0.1) is 0 Å². The molecule has 0 aromatic heterocycles. The molecule has 1 spiro atoms. The number of benzene rings is 1. The second kappa shape index (κ2) is 7.75. The lowest BCUT2D eigenvalue weighted by Crippen LogP contribution is -2.56. The third kappa shape index (κ3) is 3.67. The zero-order valence-electron chi connectivity index (χ0n) is 14.6. The Balaban J connectivity index is 1.90. The van der Waals surface area contributed by atoms with Gasteiger partial charge in [-0.15, -0.1) is 0 Å². The van der Waals surface area contributed by atoms with Gasteiger partial charge in [-0.25, -0.2) is 0 Å². The quantitative estimate of drug-likeness (QED) is 0.891. The fraction of sp³-hybridized carbons (Fsp3) is 0.579. The SMILES string of the molecule is CCCNC(=O)C1COC2(CCCCC2)N1C(=O)c1ccc(Cl)cc1. The molecule has 2 fully saturated rings. The molecule has 2 amide bonds. The molecule has 1 atom stereocenters. The number of nitrogens with zero attached hydrogens (tertiary/aromatic N) is 1. The summed E-state index contributed by atoms with van der Waals surface area (Å²) < 4.78 is 6.09. The summed E-state index contributed by atoms with van der Waals surface area (Å²) >= 11 is 5.94. The van der Waals surface area contributed by atoms with Gasteiger partial charge in [0.1, 0.15) is 11.8 Å². The van der Waals surface area contributed by atoms with Crippen LogP contribution in [0.5, 0.6) is 0 Å². The van der Waals surface area contributed by atoms with E-state index in [0.717, 1.165) is 38.5 Å². The lowest BCUT2D eigenvalue weighted by molar-refractivity contribution is -0.127. The number of carbonyl (C=O) groups is 2. The van der Waals surface area contributed by atoms with Gasteiger partial charge in [-0.3, -0.25) is 14.5 Å². The molecule has 6 heteroatoms. The molecule has 2 aliphatic rings. The summed E-state index contributed by atoms with van der Waals surface area (Å²) in [7, 11) is 0. The highest BCUT2D eigenvalue weighted by Gasteiger charge is 2.52. The number of rotatable bonds is 4. The highest BCUT2D eigenvalue weighted by atomic mass is 35.5. The molecule has 1 N–H and O–H groups in total. The molecule has 1 aromatic rings. The molecule has 0 radical (unpaired) electrons. The van der Waals surface area contributed by atoms with E-state index in [1.165, 1.54) is 0 Å². The van der Waals surface area contributed by atoms with Gasteiger partial charge in [-0.05, 0) is 56.4 Å². The first-order chi connectivity index (χ1) is 12.1. The van der Waals surface area contributed by atoms with Crippen molar-refractivity contribution in [1.82, 2.24) is 10.2 Å². The third-order valence-electron chi connectivity index (χ3n) is 5.06. The van der Waals surface area contributed by atoms with Gasteiger partial charge < -0.3 is 10.1 Å². The second-order valence-electron chi connectivity index (χ2n) is 6.81. The third-order valence-corrected chi connectivity index (χ3v) is 5.31. The lowest BCUT2D eigenvalue weighted by atomic mass is 9.89. The molecule has 1 aromatic carbocycles. The number of amides is 2. The topological polar surface area (TPSA) is 58.6 Å². The fourth-order valence-electron chi connectivity index (χ4n) is 3.77. The number of hydrogen-bond acceptors (Lipinski definition) is 3. The molecule has 25 heavy (non-hydrogen) atoms. The van der Waals surface area contributed by atoms with Gasteiger partial charge >= 0.3 is 0 Å². The molecule has 1 saturated carbocycles. The molecule has 1 aliphatic carbocycles. The smallest absolute Gasteiger partial charge is 0.256 e. The van der Waals surface area contributed by atoms with Gasteiger partial charge in [0.15, 0.2) is 0 Å². The second-order valence-corrected chi connectivity index (χ2v) is 7.24. The van der Waals surface area contributed by atoms with Crippen molar-refractivity contribution in [3.8, 4) is 0 Å². The number of ether oxygens (including phenoxy) is 1. The number of hydrogen-bond donors (Lipinski definition) is 1. The van der Waals surface area contributed by atoms with Crippen LogP contribution in [0.3, 0.4) is 0 Å². The van der Waals surface area contributed by atoms with Gasteiger partial charge in [0.25, 0.3) is 5.91 Å². The molecule has 5 nitrogen and oxygen atoms in total. The van der Waals surface area contributed by atoms with E-state index in [-0.39, 0.29) is 18.4 Å². The summed E-state index contributed by atoms with van der Waals surface area (Å²) in [4.78, 5) is 27.6. The first-order valence-corrected chi connectivity index (χ1v) is 9.46. The minimum absolute atomic E-state index is 0.133. The van der Waals surface area contributed by atoms with E-state index in [2.05, 4.69) is 5.32 Å². The zero-order valence-corrected chi connectivity index (χ0v) is 15.3. The molecule has 1 heterocycles. The van der Waals surface area contributed by atoms with Crippen LogP contribution < -0.4 is 5.32 Å². The minimum Gasteiger partial charge on any atom is -0.354 e. The molecule has 1 aliphatic heterocycles. The Morgan fingerprint density at radius 2 is 1.92 bits per heavy atom. The molecule has 1 unspecified atom stereocenters. The van der Waals surface area contributed by atoms with Crippen molar-refractivity contribution in [1.29, 1.82) is 0 Å². The van der Waals surface area contributed by atoms with Crippen LogP contribution in [0.1, 0.15) is 55.8 Å². The minimum atomic E-state index is -0.650.